The molecule has 0 amide bonds. The largest absolute Gasteiger partial charge is 0.415 e. The maximum absolute atomic E-state index is 6.63. The molecule has 4 fully saturated rings. The van der Waals surface area contributed by atoms with Gasteiger partial charge in [0.05, 0.1) is 0 Å². The smallest absolute Gasteiger partial charge is 0.184 e. The van der Waals surface area contributed by atoms with Crippen LogP contribution >= 0.6 is 0 Å². The molecular weight excluding hydrogens is 428 g/mol. The summed E-state index contributed by atoms with van der Waals surface area (Å²) in [6.45, 7) is 22.2. The monoisotopic (exact) mass is 486 g/mol. The molecular formula is C32H58OSi. The highest BCUT2D eigenvalue weighted by molar-refractivity contribution is 6.69. The molecule has 0 aromatic rings. The van der Waals surface area contributed by atoms with Crippen molar-refractivity contribution in [2.75, 3.05) is 0 Å². The molecule has 2 heteroatoms. The maximum Gasteiger partial charge on any atom is 0.184 e. The zero-order valence-electron chi connectivity index (χ0n) is 24.3. The Kier molecular flexibility index (Phi) is 7.93. The summed E-state index contributed by atoms with van der Waals surface area (Å²) >= 11 is 0. The minimum atomic E-state index is -1.43. The summed E-state index contributed by atoms with van der Waals surface area (Å²) in [6.07, 6.45) is 20.1. The van der Waals surface area contributed by atoms with Gasteiger partial charge < -0.3 is 4.43 Å². The Morgan fingerprint density at radius 1 is 0.853 bits per heavy atom. The van der Waals surface area contributed by atoms with Crippen LogP contribution in [-0.4, -0.2) is 14.4 Å². The molecule has 1 nitrogen and oxygen atoms in total. The molecule has 4 aliphatic carbocycles. The fourth-order valence-corrected chi connectivity index (χ4v) is 11.2. The second-order valence-electron chi connectivity index (χ2n) is 15.1. The van der Waals surface area contributed by atoms with Crippen molar-refractivity contribution in [1.29, 1.82) is 0 Å². The Morgan fingerprint density at radius 3 is 2.18 bits per heavy atom. The predicted octanol–water partition coefficient (Wildman–Crippen LogP) is 9.74. The summed E-state index contributed by atoms with van der Waals surface area (Å²) in [5, 5.41) is 0. The van der Waals surface area contributed by atoms with Crippen LogP contribution in [0.25, 0.3) is 0 Å². The Labute approximate surface area is 214 Å². The fraction of sp³-hybridized carbons (Fsp3) is 0.938. The van der Waals surface area contributed by atoms with E-state index in [1.54, 1.807) is 0 Å². The van der Waals surface area contributed by atoms with Crippen molar-refractivity contribution in [3.8, 4) is 0 Å². The summed E-state index contributed by atoms with van der Waals surface area (Å²) in [7, 11) is -1.43. The van der Waals surface area contributed by atoms with E-state index in [-0.39, 0.29) is 0 Å². The van der Waals surface area contributed by atoms with E-state index < -0.39 is 8.32 Å². The number of hydrogen-bond donors (Lipinski definition) is 0. The van der Waals surface area contributed by atoms with Crippen LogP contribution in [0.1, 0.15) is 106 Å². The van der Waals surface area contributed by atoms with Gasteiger partial charge in [0, 0.05) is 6.10 Å². The third-order valence-corrected chi connectivity index (χ3v) is 12.9. The van der Waals surface area contributed by atoms with Gasteiger partial charge in [-0.3, -0.25) is 0 Å². The molecule has 0 heterocycles. The van der Waals surface area contributed by atoms with E-state index in [2.05, 4.69) is 73.3 Å². The zero-order chi connectivity index (χ0) is 24.9. The van der Waals surface area contributed by atoms with Gasteiger partial charge in [-0.1, -0.05) is 53.7 Å². The highest BCUT2D eigenvalue weighted by Gasteiger charge is 2.60. The van der Waals surface area contributed by atoms with Gasteiger partial charge in [-0.25, -0.2) is 0 Å². The van der Waals surface area contributed by atoms with Crippen molar-refractivity contribution in [2.45, 2.75) is 131 Å². The first-order valence-corrected chi connectivity index (χ1v) is 18.7. The Hall–Kier alpha value is -0.0831. The van der Waals surface area contributed by atoms with Crippen LogP contribution < -0.4 is 0 Å². The number of hydrogen-bond acceptors (Lipinski definition) is 1. The summed E-state index contributed by atoms with van der Waals surface area (Å²) in [5.41, 5.74) is 1.16. The second-order valence-corrected chi connectivity index (χ2v) is 19.5. The van der Waals surface area contributed by atoms with Crippen LogP contribution in [0.5, 0.6) is 0 Å². The van der Waals surface area contributed by atoms with Gasteiger partial charge in [0.1, 0.15) is 0 Å². The second kappa shape index (κ2) is 10.00. The van der Waals surface area contributed by atoms with Crippen molar-refractivity contribution in [3.05, 3.63) is 12.2 Å². The normalized spacial score (nSPS) is 44.5. The highest BCUT2D eigenvalue weighted by atomic mass is 28.4. The van der Waals surface area contributed by atoms with Gasteiger partial charge in [0.15, 0.2) is 8.32 Å². The van der Waals surface area contributed by atoms with Gasteiger partial charge in [-0.05, 0) is 142 Å². The van der Waals surface area contributed by atoms with E-state index in [0.29, 0.717) is 16.9 Å². The van der Waals surface area contributed by atoms with Gasteiger partial charge in [0.2, 0.25) is 0 Å². The summed E-state index contributed by atoms with van der Waals surface area (Å²) in [4.78, 5) is 0. The molecule has 196 valence electrons. The molecule has 0 N–H and O–H groups in total. The van der Waals surface area contributed by atoms with Crippen molar-refractivity contribution in [3.63, 3.8) is 0 Å². The topological polar surface area (TPSA) is 9.23 Å². The Bertz CT molecular complexity index is 721. The Balaban J connectivity index is 1.45. The first kappa shape index (κ1) is 27.0. The van der Waals surface area contributed by atoms with Gasteiger partial charge in [0.25, 0.3) is 0 Å². The molecule has 34 heavy (non-hydrogen) atoms. The third-order valence-electron chi connectivity index (χ3n) is 11.8. The minimum Gasteiger partial charge on any atom is -0.415 e. The van der Waals surface area contributed by atoms with Crippen LogP contribution in [0.3, 0.4) is 0 Å². The van der Waals surface area contributed by atoms with Crippen LogP contribution in [0.15, 0.2) is 12.2 Å². The van der Waals surface area contributed by atoms with Gasteiger partial charge in [-0.15, -0.1) is 0 Å². The van der Waals surface area contributed by atoms with Crippen LogP contribution in [0, 0.1) is 58.2 Å². The molecule has 10 atom stereocenters. The van der Waals surface area contributed by atoms with Crippen LogP contribution in [-0.2, 0) is 4.43 Å². The van der Waals surface area contributed by atoms with E-state index >= 15 is 0 Å². The van der Waals surface area contributed by atoms with E-state index in [4.69, 9.17) is 4.43 Å². The molecule has 0 bridgehead atoms. The first-order chi connectivity index (χ1) is 15.9. The highest BCUT2D eigenvalue weighted by Crippen LogP contribution is 2.68. The summed E-state index contributed by atoms with van der Waals surface area (Å²) in [6, 6.07) is 0. The van der Waals surface area contributed by atoms with E-state index in [9.17, 15) is 0 Å². The zero-order valence-corrected chi connectivity index (χ0v) is 25.3. The molecule has 0 spiro atoms. The maximum atomic E-state index is 6.63. The molecule has 10 unspecified atom stereocenters. The first-order valence-electron chi connectivity index (χ1n) is 15.2. The van der Waals surface area contributed by atoms with Crippen molar-refractivity contribution < 1.29 is 4.43 Å². The van der Waals surface area contributed by atoms with E-state index in [1.165, 1.54) is 64.2 Å². The quantitative estimate of drug-likeness (QED) is 0.257. The number of fused-ring (bicyclic) bond motifs is 5. The third kappa shape index (κ3) is 5.03. The lowest BCUT2D eigenvalue weighted by Gasteiger charge is -2.61. The van der Waals surface area contributed by atoms with Crippen LogP contribution in [0.2, 0.25) is 19.6 Å². The molecule has 0 aromatic heterocycles. The predicted molar refractivity (Wildman–Crippen MR) is 150 cm³/mol. The lowest BCUT2D eigenvalue weighted by atomic mass is 9.44. The van der Waals surface area contributed by atoms with Crippen molar-refractivity contribution >= 4 is 8.32 Å². The van der Waals surface area contributed by atoms with E-state index in [1.807, 2.05) is 0 Å². The lowest BCUT2D eigenvalue weighted by Crippen LogP contribution is -2.54. The number of rotatable bonds is 7. The number of allylic oxidation sites excluding steroid dienone is 2. The molecule has 4 rings (SSSR count). The molecule has 0 saturated heterocycles. The molecule has 0 radical (unpaired) electrons. The standard InChI is InChI=1S/C32H58OSi/c1-10-24(22(2)3)12-11-23(4)28-15-16-29-27-14-13-25-21-26(33-34(7,8)9)17-19-31(25,5)30(27)18-20-32(28,29)6/h11-12,22-30H,10,13-21H2,1-9H3/b12-11+. The Morgan fingerprint density at radius 2 is 1.53 bits per heavy atom. The fourth-order valence-electron chi connectivity index (χ4n) is 10.0. The average molecular weight is 487 g/mol. The molecule has 0 aromatic carbocycles. The van der Waals surface area contributed by atoms with Crippen molar-refractivity contribution in [2.24, 2.45) is 58.2 Å². The van der Waals surface area contributed by atoms with E-state index in [0.717, 1.165) is 47.3 Å². The average Bonchev–Trinajstić information content (AvgIpc) is 3.10. The summed E-state index contributed by atoms with van der Waals surface area (Å²) < 4.78 is 6.63. The minimum absolute atomic E-state index is 0.552. The summed E-state index contributed by atoms with van der Waals surface area (Å²) in [5.74, 6) is 7.01. The SMILES string of the molecule is CCC(/C=C/C(C)C1CCC2C3CCC4CC(O[Si](C)(C)C)CCC4(C)C3CCC12C)C(C)C. The molecule has 4 aliphatic rings. The molecule has 4 saturated carbocycles. The van der Waals surface area contributed by atoms with Crippen LogP contribution in [0.4, 0.5) is 0 Å². The van der Waals surface area contributed by atoms with Gasteiger partial charge in [-0.2, -0.15) is 0 Å². The van der Waals surface area contributed by atoms with Crippen molar-refractivity contribution in [1.82, 2.24) is 0 Å². The molecule has 0 aliphatic heterocycles. The lowest BCUT2D eigenvalue weighted by molar-refractivity contribution is -0.126. The van der Waals surface area contributed by atoms with Gasteiger partial charge >= 0.3 is 0 Å².